The molecular weight excluding hydrogens is 571 g/mol. The van der Waals surface area contributed by atoms with E-state index < -0.39 is 0 Å². The molecule has 11 heteroatoms. The second kappa shape index (κ2) is 11.7. The lowest BCUT2D eigenvalue weighted by Gasteiger charge is -2.14. The standard InChI is InChI=1S/C20H18ClIN4O3S2/c1-12-24-26-20(31-12)30-11-18(27)25-23-9-13-7-16(22)19(17(8-13)28-2)29-10-14-5-3-4-6-15(14)21/h3-9H,10-11H2,1-2H3,(H,25,27). The summed E-state index contributed by atoms with van der Waals surface area (Å²) in [4.78, 5) is 12.0. The zero-order valence-electron chi connectivity index (χ0n) is 16.6. The predicted molar refractivity (Wildman–Crippen MR) is 133 cm³/mol. The van der Waals surface area contributed by atoms with Crippen LogP contribution in [0.1, 0.15) is 16.1 Å². The minimum atomic E-state index is -0.226. The molecule has 3 aromatic rings. The van der Waals surface area contributed by atoms with E-state index in [9.17, 15) is 4.79 Å². The van der Waals surface area contributed by atoms with Gasteiger partial charge in [-0.1, -0.05) is 52.9 Å². The van der Waals surface area contributed by atoms with Crippen LogP contribution in [0.5, 0.6) is 11.5 Å². The molecule has 1 aromatic heterocycles. The van der Waals surface area contributed by atoms with E-state index in [0.717, 1.165) is 24.0 Å². The van der Waals surface area contributed by atoms with Gasteiger partial charge in [0, 0.05) is 10.6 Å². The summed E-state index contributed by atoms with van der Waals surface area (Å²) in [6, 6.07) is 11.2. The summed E-state index contributed by atoms with van der Waals surface area (Å²) in [5.74, 6) is 1.17. The van der Waals surface area contributed by atoms with Gasteiger partial charge >= 0.3 is 0 Å². The van der Waals surface area contributed by atoms with Crippen LogP contribution in [-0.4, -0.2) is 35.2 Å². The summed E-state index contributed by atoms with van der Waals surface area (Å²) in [5, 5.41) is 13.4. The zero-order valence-corrected chi connectivity index (χ0v) is 21.1. The number of aromatic nitrogens is 2. The van der Waals surface area contributed by atoms with Crippen LogP contribution in [0.25, 0.3) is 0 Å². The highest BCUT2D eigenvalue weighted by atomic mass is 127. The smallest absolute Gasteiger partial charge is 0.250 e. The third kappa shape index (κ3) is 7.06. The molecule has 0 bridgehead atoms. The molecule has 1 amide bonds. The Kier molecular flexibility index (Phi) is 8.93. The molecule has 7 nitrogen and oxygen atoms in total. The first kappa shape index (κ1) is 23.8. The maximum absolute atomic E-state index is 12.0. The second-order valence-corrected chi connectivity index (χ2v) is 10.1. The number of hydrogen-bond acceptors (Lipinski definition) is 8. The average molecular weight is 589 g/mol. The van der Waals surface area contributed by atoms with E-state index in [1.54, 1.807) is 19.4 Å². The van der Waals surface area contributed by atoms with Crippen molar-refractivity contribution in [2.75, 3.05) is 12.9 Å². The van der Waals surface area contributed by atoms with Gasteiger partial charge in [0.25, 0.3) is 5.91 Å². The summed E-state index contributed by atoms with van der Waals surface area (Å²) < 4.78 is 13.0. The van der Waals surface area contributed by atoms with Crippen molar-refractivity contribution in [3.05, 3.63) is 61.1 Å². The molecule has 0 aliphatic rings. The number of hydrazone groups is 1. The lowest BCUT2D eigenvalue weighted by atomic mass is 10.2. The van der Waals surface area contributed by atoms with Gasteiger partial charge in [-0.2, -0.15) is 5.10 Å². The quantitative estimate of drug-likeness (QED) is 0.165. The Morgan fingerprint density at radius 1 is 1.35 bits per heavy atom. The molecule has 1 heterocycles. The van der Waals surface area contributed by atoms with Crippen molar-refractivity contribution < 1.29 is 14.3 Å². The summed E-state index contributed by atoms with van der Waals surface area (Å²) in [7, 11) is 1.57. The number of halogens is 2. The van der Waals surface area contributed by atoms with E-state index in [-0.39, 0.29) is 11.7 Å². The van der Waals surface area contributed by atoms with Gasteiger partial charge in [-0.15, -0.1) is 10.2 Å². The van der Waals surface area contributed by atoms with Crippen molar-refractivity contribution in [3.8, 4) is 11.5 Å². The van der Waals surface area contributed by atoms with Crippen LogP contribution in [0.2, 0.25) is 5.02 Å². The fourth-order valence-corrected chi connectivity index (χ4v) is 4.97. The third-order valence-electron chi connectivity index (χ3n) is 3.82. The van der Waals surface area contributed by atoms with Gasteiger partial charge in [-0.25, -0.2) is 5.43 Å². The zero-order chi connectivity index (χ0) is 22.2. The van der Waals surface area contributed by atoms with Gasteiger partial charge in [0.05, 0.1) is 22.6 Å². The maximum atomic E-state index is 12.0. The summed E-state index contributed by atoms with van der Waals surface area (Å²) in [6.07, 6.45) is 1.56. The highest BCUT2D eigenvalue weighted by Crippen LogP contribution is 2.34. The van der Waals surface area contributed by atoms with E-state index in [0.29, 0.717) is 23.1 Å². The van der Waals surface area contributed by atoms with Crippen LogP contribution in [0.15, 0.2) is 45.8 Å². The number of hydrogen-bond donors (Lipinski definition) is 1. The van der Waals surface area contributed by atoms with Crippen LogP contribution in [0, 0.1) is 10.5 Å². The van der Waals surface area contributed by atoms with Gasteiger partial charge in [0.2, 0.25) is 0 Å². The number of ether oxygens (including phenoxy) is 2. The van der Waals surface area contributed by atoms with Crippen LogP contribution in [0.3, 0.4) is 0 Å². The van der Waals surface area contributed by atoms with Crippen LogP contribution in [-0.2, 0) is 11.4 Å². The van der Waals surface area contributed by atoms with Crippen LogP contribution in [0.4, 0.5) is 0 Å². The summed E-state index contributed by atoms with van der Waals surface area (Å²) in [6.45, 7) is 2.19. The minimum absolute atomic E-state index is 0.210. The lowest BCUT2D eigenvalue weighted by Crippen LogP contribution is -2.19. The van der Waals surface area contributed by atoms with Crippen molar-refractivity contribution in [1.29, 1.82) is 0 Å². The minimum Gasteiger partial charge on any atom is -0.493 e. The Labute approximate surface area is 206 Å². The molecule has 1 N–H and O–H groups in total. The molecule has 0 saturated carbocycles. The van der Waals surface area contributed by atoms with E-state index in [1.165, 1.54) is 23.1 Å². The number of amides is 1. The van der Waals surface area contributed by atoms with E-state index in [4.69, 9.17) is 21.1 Å². The van der Waals surface area contributed by atoms with Gasteiger partial charge in [-0.3, -0.25) is 4.79 Å². The highest BCUT2D eigenvalue weighted by molar-refractivity contribution is 14.1. The number of carbonyl (C=O) groups excluding carboxylic acids is 1. The first-order valence-corrected chi connectivity index (χ1v) is 12.2. The first-order valence-electron chi connectivity index (χ1n) is 8.95. The van der Waals surface area contributed by atoms with Gasteiger partial charge in [0.15, 0.2) is 15.8 Å². The normalized spacial score (nSPS) is 11.0. The second-order valence-electron chi connectivity index (χ2n) is 6.08. The number of nitrogens with one attached hydrogen (secondary N) is 1. The number of benzene rings is 2. The third-order valence-corrected chi connectivity index (χ3v) is 6.96. The fourth-order valence-electron chi connectivity index (χ4n) is 2.39. The molecule has 0 aliphatic carbocycles. The van der Waals surface area contributed by atoms with Crippen LogP contribution < -0.4 is 14.9 Å². The van der Waals surface area contributed by atoms with Crippen molar-refractivity contribution in [2.45, 2.75) is 17.9 Å². The number of methoxy groups -OCH3 is 1. The van der Waals surface area contributed by atoms with Crippen molar-refractivity contribution in [3.63, 3.8) is 0 Å². The summed E-state index contributed by atoms with van der Waals surface area (Å²) >= 11 is 11.1. The Morgan fingerprint density at radius 2 is 2.16 bits per heavy atom. The monoisotopic (exact) mass is 588 g/mol. The Balaban J connectivity index is 1.59. The SMILES string of the molecule is COc1cc(C=NNC(=O)CSc2nnc(C)s2)cc(I)c1OCc1ccccc1Cl. The molecule has 0 fully saturated rings. The topological polar surface area (TPSA) is 85.7 Å². The Morgan fingerprint density at radius 3 is 2.87 bits per heavy atom. The van der Waals surface area contributed by atoms with Gasteiger partial charge in [-0.05, 0) is 53.3 Å². The molecule has 0 atom stereocenters. The molecule has 0 spiro atoms. The molecule has 3 rings (SSSR count). The number of carbonyl (C=O) groups is 1. The number of nitrogens with zero attached hydrogens (tertiary/aromatic N) is 3. The van der Waals surface area contributed by atoms with E-state index in [1.807, 2.05) is 37.3 Å². The Hall–Kier alpha value is -1.89. The molecule has 0 unspecified atom stereocenters. The maximum Gasteiger partial charge on any atom is 0.250 e. The molecule has 162 valence electrons. The van der Waals surface area contributed by atoms with E-state index in [2.05, 4.69) is 43.3 Å². The lowest BCUT2D eigenvalue weighted by molar-refractivity contribution is -0.118. The molecule has 0 radical (unpaired) electrons. The largest absolute Gasteiger partial charge is 0.493 e. The highest BCUT2D eigenvalue weighted by Gasteiger charge is 2.12. The van der Waals surface area contributed by atoms with Gasteiger partial charge < -0.3 is 9.47 Å². The first-order chi connectivity index (χ1) is 15.0. The molecular formula is C20H18ClIN4O3S2. The van der Waals surface area contributed by atoms with Crippen molar-refractivity contribution in [2.24, 2.45) is 5.10 Å². The van der Waals surface area contributed by atoms with Crippen LogP contribution >= 0.6 is 57.3 Å². The summed E-state index contributed by atoms with van der Waals surface area (Å²) in [5.41, 5.74) is 4.16. The average Bonchev–Trinajstić information content (AvgIpc) is 3.17. The molecule has 0 aliphatic heterocycles. The molecule has 0 saturated heterocycles. The molecule has 31 heavy (non-hydrogen) atoms. The van der Waals surface area contributed by atoms with Crippen molar-refractivity contribution in [1.82, 2.24) is 15.6 Å². The van der Waals surface area contributed by atoms with Crippen molar-refractivity contribution >= 4 is 69.4 Å². The fraction of sp³-hybridized carbons (Fsp3) is 0.200. The Bertz CT molecular complexity index is 1090. The number of rotatable bonds is 9. The van der Waals surface area contributed by atoms with Gasteiger partial charge in [0.1, 0.15) is 11.6 Å². The number of aryl methyl sites for hydroxylation is 1. The number of thioether (sulfide) groups is 1. The molecule has 2 aromatic carbocycles. The van der Waals surface area contributed by atoms with E-state index >= 15 is 0 Å². The predicted octanol–water partition coefficient (Wildman–Crippen LogP) is 4.93.